The predicted octanol–water partition coefficient (Wildman–Crippen LogP) is 6.38. The molecule has 3 aromatic carbocycles. The van der Waals surface area contributed by atoms with Gasteiger partial charge in [0.05, 0.1) is 0 Å². The number of rotatable bonds is 8. The molecule has 0 aliphatic carbocycles. The van der Waals surface area contributed by atoms with E-state index in [1.807, 2.05) is 6.07 Å². The van der Waals surface area contributed by atoms with Crippen LogP contribution in [0.15, 0.2) is 66.7 Å². The smallest absolute Gasteiger partial charge is 0.123 e. The molecule has 158 valence electrons. The van der Waals surface area contributed by atoms with Crippen LogP contribution >= 0.6 is 8.58 Å². The molecule has 0 amide bonds. The van der Waals surface area contributed by atoms with Gasteiger partial charge in [-0.1, -0.05) is 83.1 Å². The maximum absolute atomic E-state index is 11.4. The normalized spacial score (nSPS) is 11.9. The third kappa shape index (κ3) is 4.55. The molecule has 2 nitrogen and oxygen atoms in total. The van der Waals surface area contributed by atoms with Crippen molar-refractivity contribution in [1.29, 1.82) is 0 Å². The number of phenols is 1. The zero-order valence-corrected chi connectivity index (χ0v) is 19.9. The van der Waals surface area contributed by atoms with Crippen LogP contribution in [0.3, 0.4) is 0 Å². The Bertz CT molecular complexity index is 977. The topological polar surface area (TPSA) is 23.5 Å². The Morgan fingerprint density at radius 2 is 1.53 bits per heavy atom. The quantitative estimate of drug-likeness (QED) is 0.429. The Balaban J connectivity index is 2.06. The van der Waals surface area contributed by atoms with Crippen molar-refractivity contribution >= 4 is 19.6 Å². The van der Waals surface area contributed by atoms with Gasteiger partial charge in [-0.25, -0.2) is 0 Å². The minimum Gasteiger partial charge on any atom is -0.507 e. The first kappa shape index (κ1) is 22.4. The molecule has 30 heavy (non-hydrogen) atoms. The van der Waals surface area contributed by atoms with Crippen LogP contribution in [-0.4, -0.2) is 19.2 Å². The third-order valence-electron chi connectivity index (χ3n) is 6.18. The first-order valence-corrected chi connectivity index (χ1v) is 11.8. The van der Waals surface area contributed by atoms with E-state index in [4.69, 9.17) is 0 Å². The van der Waals surface area contributed by atoms with Gasteiger partial charge in [0.2, 0.25) is 0 Å². The summed E-state index contributed by atoms with van der Waals surface area (Å²) < 4.78 is 0. The number of aryl methyl sites for hydroxylation is 1. The molecule has 1 N–H and O–H groups in total. The second-order valence-electron chi connectivity index (χ2n) is 8.25. The van der Waals surface area contributed by atoms with Gasteiger partial charge in [0.15, 0.2) is 0 Å². The maximum atomic E-state index is 11.4. The number of anilines is 1. The first-order chi connectivity index (χ1) is 14.4. The summed E-state index contributed by atoms with van der Waals surface area (Å²) in [5.74, 6) is 0.470. The monoisotopic (exact) mass is 419 g/mol. The molecule has 3 rings (SSSR count). The molecule has 0 radical (unpaired) electrons. The Morgan fingerprint density at radius 1 is 0.867 bits per heavy atom. The van der Waals surface area contributed by atoms with Gasteiger partial charge in [-0.05, 0) is 47.8 Å². The number of nitrogens with zero attached hydrogens (tertiary/aromatic N) is 1. The summed E-state index contributed by atoms with van der Waals surface area (Å²) in [4.78, 5) is 2.21. The van der Waals surface area contributed by atoms with Crippen molar-refractivity contribution in [2.45, 2.75) is 45.2 Å². The van der Waals surface area contributed by atoms with Crippen LogP contribution in [0.1, 0.15) is 48.9 Å². The van der Waals surface area contributed by atoms with E-state index in [0.29, 0.717) is 14.3 Å². The summed E-state index contributed by atoms with van der Waals surface area (Å²) in [7, 11) is 4.82. The summed E-state index contributed by atoms with van der Waals surface area (Å²) >= 11 is 0. The largest absolute Gasteiger partial charge is 0.507 e. The summed E-state index contributed by atoms with van der Waals surface area (Å²) in [6, 6.07) is 23.2. The van der Waals surface area contributed by atoms with Gasteiger partial charge in [-0.3, -0.25) is 0 Å². The average Bonchev–Trinajstić information content (AvgIpc) is 2.75. The second-order valence-corrected chi connectivity index (χ2v) is 9.96. The van der Waals surface area contributed by atoms with Gasteiger partial charge in [-0.15, -0.1) is 0 Å². The van der Waals surface area contributed by atoms with Crippen molar-refractivity contribution in [3.8, 4) is 5.75 Å². The number of phenolic OH excluding ortho intramolecular Hbond substituents is 1. The van der Waals surface area contributed by atoms with Crippen LogP contribution in [0.2, 0.25) is 0 Å². The Morgan fingerprint density at radius 3 is 2.17 bits per heavy atom. The van der Waals surface area contributed by atoms with Gasteiger partial charge >= 0.3 is 0 Å². The lowest BCUT2D eigenvalue weighted by atomic mass is 9.89. The van der Waals surface area contributed by atoms with Gasteiger partial charge in [-0.2, -0.15) is 0 Å². The molecular formula is C27H34NOP. The van der Waals surface area contributed by atoms with Gasteiger partial charge in [0.25, 0.3) is 0 Å². The highest BCUT2D eigenvalue weighted by atomic mass is 31.1. The zero-order chi connectivity index (χ0) is 21.7. The molecule has 1 unspecified atom stereocenters. The van der Waals surface area contributed by atoms with Gasteiger partial charge < -0.3 is 10.0 Å². The van der Waals surface area contributed by atoms with Crippen molar-refractivity contribution in [3.05, 3.63) is 89.0 Å². The van der Waals surface area contributed by atoms with E-state index in [9.17, 15) is 5.11 Å². The molecule has 3 aromatic rings. The molecule has 0 spiro atoms. The van der Waals surface area contributed by atoms with Crippen LogP contribution < -0.4 is 10.2 Å². The van der Waals surface area contributed by atoms with Crippen LogP contribution in [0.25, 0.3) is 0 Å². The maximum Gasteiger partial charge on any atom is 0.123 e. The number of hydrogen-bond acceptors (Lipinski definition) is 2. The Labute approximate surface area is 183 Å². The second kappa shape index (κ2) is 9.67. The number of benzene rings is 3. The van der Waals surface area contributed by atoms with E-state index in [-0.39, 0.29) is 5.16 Å². The Hall–Kier alpha value is -2.31. The van der Waals surface area contributed by atoms with E-state index in [1.54, 1.807) is 0 Å². The van der Waals surface area contributed by atoms with Crippen LogP contribution in [0.4, 0.5) is 5.69 Å². The van der Waals surface area contributed by atoms with E-state index in [0.717, 1.165) is 30.4 Å². The summed E-state index contributed by atoms with van der Waals surface area (Å²) in [5.41, 5.74) is 5.92. The highest BCUT2D eigenvalue weighted by Gasteiger charge is 2.33. The highest BCUT2D eigenvalue weighted by molar-refractivity contribution is 7.49. The van der Waals surface area contributed by atoms with Crippen molar-refractivity contribution < 1.29 is 5.11 Å². The fourth-order valence-electron chi connectivity index (χ4n) is 4.24. The van der Waals surface area contributed by atoms with Crippen molar-refractivity contribution in [2.75, 3.05) is 19.0 Å². The molecular weight excluding hydrogens is 385 g/mol. The van der Waals surface area contributed by atoms with Crippen LogP contribution in [0, 0.1) is 6.92 Å². The first-order valence-electron chi connectivity index (χ1n) is 10.8. The molecule has 3 heteroatoms. The lowest BCUT2D eigenvalue weighted by molar-refractivity contribution is 0.443. The molecule has 0 saturated heterocycles. The van der Waals surface area contributed by atoms with Crippen molar-refractivity contribution in [1.82, 2.24) is 0 Å². The van der Waals surface area contributed by atoms with Crippen molar-refractivity contribution in [3.63, 3.8) is 0 Å². The summed E-state index contributed by atoms with van der Waals surface area (Å²) in [6.07, 6.45) is 2.73. The highest BCUT2D eigenvalue weighted by Crippen LogP contribution is 2.51. The number of hydrogen-bond donors (Lipinski definition) is 1. The summed E-state index contributed by atoms with van der Waals surface area (Å²) in [6.45, 7) is 6.72. The minimum atomic E-state index is -0.0757. The number of aromatic hydroxyl groups is 1. The molecule has 0 fully saturated rings. The minimum absolute atomic E-state index is 0.0757. The molecule has 0 heterocycles. The Kier molecular flexibility index (Phi) is 7.21. The van der Waals surface area contributed by atoms with E-state index >= 15 is 0 Å². The van der Waals surface area contributed by atoms with E-state index in [1.165, 1.54) is 22.1 Å². The predicted molar refractivity (Wildman–Crippen MR) is 133 cm³/mol. The molecule has 1 atom stereocenters. The fraction of sp³-hybridized carbons (Fsp3) is 0.333. The molecule has 0 aliphatic rings. The van der Waals surface area contributed by atoms with Crippen molar-refractivity contribution in [2.24, 2.45) is 0 Å². The number of para-hydroxylation sites is 1. The van der Waals surface area contributed by atoms with E-state index in [2.05, 4.69) is 100 Å². The van der Waals surface area contributed by atoms with Gasteiger partial charge in [0.1, 0.15) is 5.75 Å². The lowest BCUT2D eigenvalue weighted by Crippen LogP contribution is -2.26. The zero-order valence-electron chi connectivity index (χ0n) is 18.9. The molecule has 0 aliphatic heterocycles. The standard InChI is InChI=1S/C27H34NOP/c1-6-27(7-2,30-26-20(3)13-11-18-24(26)28(4)5)23-17-12-16-22(25(23)29)19-21-14-9-8-10-15-21/h8-18,29-30H,6-7,19H2,1-5H3. The van der Waals surface area contributed by atoms with Crippen LogP contribution in [-0.2, 0) is 11.6 Å². The molecule has 0 saturated carbocycles. The molecule has 0 bridgehead atoms. The fourth-order valence-corrected chi connectivity index (χ4v) is 6.12. The van der Waals surface area contributed by atoms with Crippen LogP contribution in [0.5, 0.6) is 5.75 Å². The SMILES string of the molecule is CCC(CC)(Pc1c(C)cccc1N(C)C)c1cccc(Cc2ccccc2)c1O. The van der Waals surface area contributed by atoms with E-state index < -0.39 is 0 Å². The van der Waals surface area contributed by atoms with Gasteiger partial charge in [0, 0.05) is 36.9 Å². The lowest BCUT2D eigenvalue weighted by Gasteiger charge is -2.35. The third-order valence-corrected chi connectivity index (χ3v) is 8.53. The average molecular weight is 420 g/mol. The summed E-state index contributed by atoms with van der Waals surface area (Å²) in [5, 5.41) is 12.7. The molecule has 0 aromatic heterocycles.